The van der Waals surface area contributed by atoms with Gasteiger partial charge >= 0.3 is 0 Å². The standard InChI is InChI=1S/C22H22N2O3S/c1-4-15-6-8-18(25)17(12-15)23-22(28)24-21(26)20-10-9-19(27-20)16-7-5-13(2)14(3)11-16/h5-12,25H,4H2,1-3H3,(H2,23,24,26,28). The number of carbonyl (C=O) groups is 1. The zero-order valence-electron chi connectivity index (χ0n) is 16.0. The Hall–Kier alpha value is -3.12. The largest absolute Gasteiger partial charge is 0.506 e. The van der Waals surface area contributed by atoms with E-state index in [0.29, 0.717) is 11.4 Å². The van der Waals surface area contributed by atoms with Crippen molar-refractivity contribution < 1.29 is 14.3 Å². The van der Waals surface area contributed by atoms with Crippen molar-refractivity contribution in [1.29, 1.82) is 0 Å². The van der Waals surface area contributed by atoms with Gasteiger partial charge in [-0.05, 0) is 79.5 Å². The average Bonchev–Trinajstić information content (AvgIpc) is 3.16. The predicted molar refractivity (Wildman–Crippen MR) is 115 cm³/mol. The summed E-state index contributed by atoms with van der Waals surface area (Å²) in [4.78, 5) is 12.4. The second-order valence-electron chi connectivity index (χ2n) is 6.58. The summed E-state index contributed by atoms with van der Waals surface area (Å²) in [6, 6.07) is 14.6. The summed E-state index contributed by atoms with van der Waals surface area (Å²) in [7, 11) is 0. The molecule has 1 aromatic heterocycles. The monoisotopic (exact) mass is 394 g/mol. The fraction of sp³-hybridized carbons (Fsp3) is 0.182. The van der Waals surface area contributed by atoms with Gasteiger partial charge in [0.2, 0.25) is 0 Å². The van der Waals surface area contributed by atoms with Crippen LogP contribution in [0.25, 0.3) is 11.3 Å². The highest BCUT2D eigenvalue weighted by molar-refractivity contribution is 7.80. The quantitative estimate of drug-likeness (QED) is 0.431. The normalized spacial score (nSPS) is 10.5. The first-order valence-electron chi connectivity index (χ1n) is 8.99. The second-order valence-corrected chi connectivity index (χ2v) is 6.98. The van der Waals surface area contributed by atoms with Gasteiger partial charge in [-0.15, -0.1) is 0 Å². The van der Waals surface area contributed by atoms with Crippen LogP contribution >= 0.6 is 12.2 Å². The van der Waals surface area contributed by atoms with Crippen molar-refractivity contribution in [2.24, 2.45) is 0 Å². The van der Waals surface area contributed by atoms with Crippen molar-refractivity contribution in [3.05, 3.63) is 71.0 Å². The molecular formula is C22H22N2O3S. The van der Waals surface area contributed by atoms with E-state index in [1.807, 2.05) is 45.0 Å². The molecule has 1 amide bonds. The minimum atomic E-state index is -0.460. The molecule has 0 unspecified atom stereocenters. The van der Waals surface area contributed by atoms with Crippen molar-refractivity contribution in [3.8, 4) is 17.1 Å². The fourth-order valence-electron chi connectivity index (χ4n) is 2.73. The summed E-state index contributed by atoms with van der Waals surface area (Å²) in [5, 5.41) is 15.4. The number of carbonyl (C=O) groups excluding carboxylic acids is 1. The van der Waals surface area contributed by atoms with Crippen LogP contribution in [0.5, 0.6) is 5.75 Å². The number of aryl methyl sites for hydroxylation is 3. The average molecular weight is 394 g/mol. The number of furan rings is 1. The van der Waals surface area contributed by atoms with Crippen molar-refractivity contribution in [2.75, 3.05) is 5.32 Å². The summed E-state index contributed by atoms with van der Waals surface area (Å²) in [5.41, 5.74) is 4.74. The number of thiocarbonyl (C=S) groups is 1. The van der Waals surface area contributed by atoms with E-state index in [2.05, 4.69) is 10.6 Å². The molecule has 3 aromatic rings. The van der Waals surface area contributed by atoms with Crippen LogP contribution in [-0.2, 0) is 6.42 Å². The molecule has 0 fully saturated rings. The lowest BCUT2D eigenvalue weighted by molar-refractivity contribution is 0.0951. The van der Waals surface area contributed by atoms with Crippen LogP contribution in [0.2, 0.25) is 0 Å². The van der Waals surface area contributed by atoms with Gasteiger partial charge < -0.3 is 14.8 Å². The van der Waals surface area contributed by atoms with Gasteiger partial charge in [-0.25, -0.2) is 0 Å². The Morgan fingerprint density at radius 2 is 1.86 bits per heavy atom. The molecule has 0 spiro atoms. The van der Waals surface area contributed by atoms with Crippen LogP contribution in [0, 0.1) is 13.8 Å². The molecule has 6 heteroatoms. The zero-order chi connectivity index (χ0) is 20.3. The Morgan fingerprint density at radius 3 is 2.57 bits per heavy atom. The highest BCUT2D eigenvalue weighted by Gasteiger charge is 2.15. The van der Waals surface area contributed by atoms with E-state index in [-0.39, 0.29) is 16.6 Å². The first-order chi connectivity index (χ1) is 13.4. The van der Waals surface area contributed by atoms with E-state index in [1.165, 1.54) is 5.56 Å². The number of phenolic OH excluding ortho intramolecular Hbond substituents is 1. The molecule has 3 N–H and O–H groups in total. The predicted octanol–water partition coefficient (Wildman–Crippen LogP) is 4.96. The van der Waals surface area contributed by atoms with Crippen molar-refractivity contribution in [2.45, 2.75) is 27.2 Å². The van der Waals surface area contributed by atoms with Crippen molar-refractivity contribution in [1.82, 2.24) is 5.32 Å². The van der Waals surface area contributed by atoms with Gasteiger partial charge in [-0.1, -0.05) is 25.1 Å². The summed E-state index contributed by atoms with van der Waals surface area (Å²) in [5.74, 6) is 0.367. The molecular weight excluding hydrogens is 372 g/mol. The van der Waals surface area contributed by atoms with Crippen molar-refractivity contribution >= 4 is 28.9 Å². The summed E-state index contributed by atoms with van der Waals surface area (Å²) < 4.78 is 5.69. The first-order valence-corrected chi connectivity index (χ1v) is 9.40. The topological polar surface area (TPSA) is 74.5 Å². The Labute approximate surface area is 169 Å². The van der Waals surface area contributed by atoms with Gasteiger partial charge in [0.05, 0.1) is 5.69 Å². The minimum absolute atomic E-state index is 0.0591. The van der Waals surface area contributed by atoms with Gasteiger partial charge in [0.1, 0.15) is 11.5 Å². The highest BCUT2D eigenvalue weighted by Crippen LogP contribution is 2.25. The van der Waals surface area contributed by atoms with Gasteiger partial charge in [0, 0.05) is 5.56 Å². The number of amides is 1. The third kappa shape index (κ3) is 4.40. The van der Waals surface area contributed by atoms with E-state index in [4.69, 9.17) is 16.6 Å². The maximum atomic E-state index is 12.4. The van der Waals surface area contributed by atoms with Gasteiger partial charge in [0.25, 0.3) is 5.91 Å². The molecule has 0 radical (unpaired) electrons. The molecule has 0 aliphatic carbocycles. The van der Waals surface area contributed by atoms with Gasteiger partial charge in [-0.2, -0.15) is 0 Å². The lowest BCUT2D eigenvalue weighted by Gasteiger charge is -2.11. The number of nitrogens with one attached hydrogen (secondary N) is 2. The summed E-state index contributed by atoms with van der Waals surface area (Å²) in [6.07, 6.45) is 0.821. The van der Waals surface area contributed by atoms with E-state index >= 15 is 0 Å². The molecule has 2 aromatic carbocycles. The molecule has 0 aliphatic heterocycles. The van der Waals surface area contributed by atoms with Crippen LogP contribution in [0.1, 0.15) is 34.2 Å². The Bertz CT molecular complexity index is 1040. The van der Waals surface area contributed by atoms with E-state index < -0.39 is 5.91 Å². The number of hydrogen-bond donors (Lipinski definition) is 3. The Kier molecular flexibility index (Phi) is 5.80. The van der Waals surface area contributed by atoms with Gasteiger partial charge in [0.15, 0.2) is 10.9 Å². The number of rotatable bonds is 4. The maximum Gasteiger partial charge on any atom is 0.293 e. The molecule has 0 aliphatic rings. The smallest absolute Gasteiger partial charge is 0.293 e. The number of aromatic hydroxyl groups is 1. The third-order valence-corrected chi connectivity index (χ3v) is 4.77. The summed E-state index contributed by atoms with van der Waals surface area (Å²) >= 11 is 5.19. The molecule has 3 rings (SSSR count). The molecule has 0 saturated heterocycles. The van der Waals surface area contributed by atoms with Crippen LogP contribution in [-0.4, -0.2) is 16.1 Å². The maximum absolute atomic E-state index is 12.4. The highest BCUT2D eigenvalue weighted by atomic mass is 32.1. The molecule has 28 heavy (non-hydrogen) atoms. The van der Waals surface area contributed by atoms with Crippen LogP contribution < -0.4 is 10.6 Å². The molecule has 1 heterocycles. The Morgan fingerprint density at radius 1 is 1.07 bits per heavy atom. The minimum Gasteiger partial charge on any atom is -0.506 e. The van der Waals surface area contributed by atoms with E-state index in [9.17, 15) is 9.90 Å². The molecule has 0 bridgehead atoms. The van der Waals surface area contributed by atoms with E-state index in [1.54, 1.807) is 24.3 Å². The zero-order valence-corrected chi connectivity index (χ0v) is 16.8. The SMILES string of the molecule is CCc1ccc(O)c(NC(=S)NC(=O)c2ccc(-c3ccc(C)c(C)c3)o2)c1. The lowest BCUT2D eigenvalue weighted by Crippen LogP contribution is -2.33. The third-order valence-electron chi connectivity index (χ3n) is 4.57. The number of benzene rings is 2. The van der Waals surface area contributed by atoms with Crippen LogP contribution in [0.3, 0.4) is 0 Å². The molecule has 0 atom stereocenters. The second kappa shape index (κ2) is 8.27. The van der Waals surface area contributed by atoms with Crippen LogP contribution in [0.4, 0.5) is 5.69 Å². The number of hydrogen-bond acceptors (Lipinski definition) is 4. The van der Waals surface area contributed by atoms with Gasteiger partial charge in [-0.3, -0.25) is 10.1 Å². The number of anilines is 1. The fourth-order valence-corrected chi connectivity index (χ4v) is 2.93. The van der Waals surface area contributed by atoms with Crippen molar-refractivity contribution in [3.63, 3.8) is 0 Å². The Balaban J connectivity index is 1.69. The lowest BCUT2D eigenvalue weighted by atomic mass is 10.1. The molecule has 0 saturated carbocycles. The number of phenols is 1. The molecule has 144 valence electrons. The first kappa shape index (κ1) is 19.6. The molecule has 5 nitrogen and oxygen atoms in total. The van der Waals surface area contributed by atoms with Crippen LogP contribution in [0.15, 0.2) is 52.9 Å². The summed E-state index contributed by atoms with van der Waals surface area (Å²) in [6.45, 7) is 6.09. The van der Waals surface area contributed by atoms with E-state index in [0.717, 1.165) is 23.1 Å².